The summed E-state index contributed by atoms with van der Waals surface area (Å²) in [5.41, 5.74) is 3.27. The van der Waals surface area contributed by atoms with E-state index < -0.39 is 0 Å². The first-order valence-corrected chi connectivity index (χ1v) is 4.63. The number of fused-ring (bicyclic) bond motifs is 1. The molecule has 13 heavy (non-hydrogen) atoms. The van der Waals surface area contributed by atoms with E-state index in [9.17, 15) is 0 Å². The molecular formula is C11H12N2. The first kappa shape index (κ1) is 8.12. The van der Waals surface area contributed by atoms with E-state index in [1.54, 1.807) is 0 Å². The number of hydrogen-bond donors (Lipinski definition) is 1. The number of nitriles is 1. The Morgan fingerprint density at radius 2 is 2.46 bits per heavy atom. The minimum atomic E-state index is 0.586. The second-order valence-corrected chi connectivity index (χ2v) is 3.40. The summed E-state index contributed by atoms with van der Waals surface area (Å²) in [6.07, 6.45) is 1.13. The number of hydrogen-bond acceptors (Lipinski definition) is 2. The highest BCUT2D eigenvalue weighted by atomic mass is 14.9. The van der Waals surface area contributed by atoms with Gasteiger partial charge in [-0.25, -0.2) is 0 Å². The van der Waals surface area contributed by atoms with Crippen LogP contribution in [0.4, 0.5) is 5.69 Å². The molecule has 1 aromatic carbocycles. The van der Waals surface area contributed by atoms with Crippen LogP contribution in [0.3, 0.4) is 0 Å². The second kappa shape index (κ2) is 3.10. The molecule has 0 unspecified atom stereocenters. The van der Waals surface area contributed by atoms with Crippen molar-refractivity contribution in [2.24, 2.45) is 0 Å². The first-order valence-electron chi connectivity index (χ1n) is 4.63. The monoisotopic (exact) mass is 172 g/mol. The van der Waals surface area contributed by atoms with E-state index in [1.165, 1.54) is 11.3 Å². The van der Waals surface area contributed by atoms with E-state index in [-0.39, 0.29) is 0 Å². The SMILES string of the molecule is CC[C@H]1CNc2ccc(C#N)cc21. The molecule has 0 saturated heterocycles. The van der Waals surface area contributed by atoms with Gasteiger partial charge in [0.1, 0.15) is 0 Å². The number of rotatable bonds is 1. The molecule has 66 valence electrons. The van der Waals surface area contributed by atoms with Gasteiger partial charge in [0, 0.05) is 18.2 Å². The maximum Gasteiger partial charge on any atom is 0.0991 e. The summed E-state index contributed by atoms with van der Waals surface area (Å²) < 4.78 is 0. The van der Waals surface area contributed by atoms with Crippen molar-refractivity contribution < 1.29 is 0 Å². The molecule has 2 nitrogen and oxygen atoms in total. The van der Waals surface area contributed by atoms with E-state index in [0.29, 0.717) is 5.92 Å². The minimum absolute atomic E-state index is 0.586. The molecule has 1 atom stereocenters. The molecular weight excluding hydrogens is 160 g/mol. The van der Waals surface area contributed by atoms with Crippen LogP contribution in [0.5, 0.6) is 0 Å². The molecule has 1 aliphatic heterocycles. The van der Waals surface area contributed by atoms with Gasteiger partial charge in [-0.15, -0.1) is 0 Å². The Labute approximate surface area is 78.2 Å². The van der Waals surface area contributed by atoms with Gasteiger partial charge >= 0.3 is 0 Å². The summed E-state index contributed by atoms with van der Waals surface area (Å²) in [4.78, 5) is 0. The zero-order valence-corrected chi connectivity index (χ0v) is 7.67. The van der Waals surface area contributed by atoms with Crippen LogP contribution in [0.1, 0.15) is 30.4 Å². The third-order valence-corrected chi connectivity index (χ3v) is 2.65. The molecule has 2 rings (SSSR count). The summed E-state index contributed by atoms with van der Waals surface area (Å²) in [7, 11) is 0. The molecule has 0 saturated carbocycles. The molecule has 1 aromatic rings. The van der Waals surface area contributed by atoms with Crippen LogP contribution in [0.15, 0.2) is 18.2 Å². The molecule has 2 heteroatoms. The summed E-state index contributed by atoms with van der Waals surface area (Å²) in [5, 5.41) is 12.1. The van der Waals surface area contributed by atoms with Crippen LogP contribution in [0, 0.1) is 11.3 Å². The van der Waals surface area contributed by atoms with Crippen molar-refractivity contribution in [2.45, 2.75) is 19.3 Å². The number of anilines is 1. The van der Waals surface area contributed by atoms with Crippen molar-refractivity contribution >= 4 is 5.69 Å². The van der Waals surface area contributed by atoms with Gasteiger partial charge in [0.2, 0.25) is 0 Å². The molecule has 0 fully saturated rings. The van der Waals surface area contributed by atoms with Gasteiger partial charge < -0.3 is 5.32 Å². The topological polar surface area (TPSA) is 35.8 Å². The lowest BCUT2D eigenvalue weighted by molar-refractivity contribution is 0.727. The van der Waals surface area contributed by atoms with Crippen LogP contribution >= 0.6 is 0 Å². The average molecular weight is 172 g/mol. The average Bonchev–Trinajstić information content (AvgIpc) is 2.59. The Balaban J connectivity index is 2.44. The molecule has 1 N–H and O–H groups in total. The van der Waals surface area contributed by atoms with E-state index in [4.69, 9.17) is 5.26 Å². The largest absolute Gasteiger partial charge is 0.384 e. The lowest BCUT2D eigenvalue weighted by Gasteiger charge is -2.05. The highest BCUT2D eigenvalue weighted by Gasteiger charge is 2.20. The Hall–Kier alpha value is -1.49. The highest BCUT2D eigenvalue weighted by molar-refractivity contribution is 5.60. The van der Waals surface area contributed by atoms with E-state index in [2.05, 4.69) is 18.3 Å². The van der Waals surface area contributed by atoms with Gasteiger partial charge in [-0.1, -0.05) is 6.92 Å². The smallest absolute Gasteiger partial charge is 0.0991 e. The quantitative estimate of drug-likeness (QED) is 0.706. The Morgan fingerprint density at radius 3 is 3.15 bits per heavy atom. The van der Waals surface area contributed by atoms with Crippen molar-refractivity contribution in [3.8, 4) is 6.07 Å². The minimum Gasteiger partial charge on any atom is -0.384 e. The maximum atomic E-state index is 8.76. The fraction of sp³-hybridized carbons (Fsp3) is 0.364. The Kier molecular flexibility index (Phi) is 1.94. The van der Waals surface area contributed by atoms with Crippen molar-refractivity contribution in [1.29, 1.82) is 5.26 Å². The highest BCUT2D eigenvalue weighted by Crippen LogP contribution is 2.33. The normalized spacial score (nSPS) is 18.9. The van der Waals surface area contributed by atoms with Crippen molar-refractivity contribution in [3.05, 3.63) is 29.3 Å². The van der Waals surface area contributed by atoms with Crippen LogP contribution < -0.4 is 5.32 Å². The predicted molar refractivity (Wildman–Crippen MR) is 52.7 cm³/mol. The van der Waals surface area contributed by atoms with Gasteiger partial charge in [-0.2, -0.15) is 5.26 Å². The van der Waals surface area contributed by atoms with E-state index in [0.717, 1.165) is 18.5 Å². The van der Waals surface area contributed by atoms with Gasteiger partial charge in [-0.05, 0) is 30.2 Å². The van der Waals surface area contributed by atoms with Crippen LogP contribution in [-0.2, 0) is 0 Å². The van der Waals surface area contributed by atoms with Gasteiger partial charge in [0.15, 0.2) is 0 Å². The molecule has 0 radical (unpaired) electrons. The molecule has 0 bridgehead atoms. The van der Waals surface area contributed by atoms with Crippen molar-refractivity contribution in [2.75, 3.05) is 11.9 Å². The molecule has 1 heterocycles. The van der Waals surface area contributed by atoms with E-state index in [1.807, 2.05) is 18.2 Å². The van der Waals surface area contributed by atoms with Gasteiger partial charge in [-0.3, -0.25) is 0 Å². The van der Waals surface area contributed by atoms with Gasteiger partial charge in [0.05, 0.1) is 11.6 Å². The summed E-state index contributed by atoms with van der Waals surface area (Å²) >= 11 is 0. The summed E-state index contributed by atoms with van der Waals surface area (Å²) in [5.74, 6) is 0.586. The maximum absolute atomic E-state index is 8.76. The van der Waals surface area contributed by atoms with Crippen molar-refractivity contribution in [3.63, 3.8) is 0 Å². The first-order chi connectivity index (χ1) is 6.35. The van der Waals surface area contributed by atoms with Crippen molar-refractivity contribution in [1.82, 2.24) is 0 Å². The molecule has 0 aromatic heterocycles. The van der Waals surface area contributed by atoms with Crippen LogP contribution in [0.2, 0.25) is 0 Å². The molecule has 0 spiro atoms. The lowest BCUT2D eigenvalue weighted by Crippen LogP contribution is -1.99. The van der Waals surface area contributed by atoms with Gasteiger partial charge in [0.25, 0.3) is 0 Å². The third kappa shape index (κ3) is 1.27. The fourth-order valence-corrected chi connectivity index (χ4v) is 1.84. The number of nitrogens with zero attached hydrogens (tertiary/aromatic N) is 1. The standard InChI is InChI=1S/C11H12N2/c1-2-9-7-13-11-4-3-8(6-12)5-10(9)11/h3-5,9,13H,2,7H2,1H3/t9-/m0/s1. The zero-order valence-electron chi connectivity index (χ0n) is 7.67. The van der Waals surface area contributed by atoms with Crippen LogP contribution in [0.25, 0.3) is 0 Å². The molecule has 0 aliphatic carbocycles. The van der Waals surface area contributed by atoms with Crippen LogP contribution in [-0.4, -0.2) is 6.54 Å². The molecule has 1 aliphatic rings. The second-order valence-electron chi connectivity index (χ2n) is 3.40. The Bertz CT molecular complexity index is 363. The summed E-state index contributed by atoms with van der Waals surface area (Å²) in [6, 6.07) is 8.05. The Morgan fingerprint density at radius 1 is 1.62 bits per heavy atom. The number of nitrogens with one attached hydrogen (secondary N) is 1. The number of benzene rings is 1. The summed E-state index contributed by atoms with van der Waals surface area (Å²) in [6.45, 7) is 3.20. The third-order valence-electron chi connectivity index (χ3n) is 2.65. The fourth-order valence-electron chi connectivity index (χ4n) is 1.84. The predicted octanol–water partition coefficient (Wildman–Crippen LogP) is 2.48. The van der Waals surface area contributed by atoms with E-state index >= 15 is 0 Å². The zero-order chi connectivity index (χ0) is 9.26. The lowest BCUT2D eigenvalue weighted by atomic mass is 9.97. The molecule has 0 amide bonds.